The maximum absolute atomic E-state index is 10.7. The number of aliphatic carboxylic acids is 1. The molecular weight excluding hydrogens is 276 g/mol. The molecular formula is C13H16N4O2S. The first-order valence-electron chi connectivity index (χ1n) is 6.26. The molecule has 0 aliphatic carbocycles. The van der Waals surface area contributed by atoms with Gasteiger partial charge in [-0.2, -0.15) is 0 Å². The Morgan fingerprint density at radius 3 is 2.65 bits per heavy atom. The van der Waals surface area contributed by atoms with Crippen LogP contribution in [0.25, 0.3) is 11.4 Å². The van der Waals surface area contributed by atoms with Crippen LogP contribution >= 0.6 is 11.8 Å². The normalized spacial score (nSPS) is 10.9. The lowest BCUT2D eigenvalue weighted by Crippen LogP contribution is -2.09. The summed E-state index contributed by atoms with van der Waals surface area (Å²) >= 11 is 1.19. The number of pyridine rings is 1. The first kappa shape index (κ1) is 14.5. The molecule has 1 N–H and O–H groups in total. The maximum Gasteiger partial charge on any atom is 0.313 e. The summed E-state index contributed by atoms with van der Waals surface area (Å²) in [6.07, 6.45) is 3.40. The van der Waals surface area contributed by atoms with Crippen molar-refractivity contribution in [2.45, 2.75) is 25.5 Å². The summed E-state index contributed by atoms with van der Waals surface area (Å²) in [5, 5.41) is 17.7. The molecule has 0 spiro atoms. The monoisotopic (exact) mass is 292 g/mol. The van der Waals surface area contributed by atoms with Crippen LogP contribution in [0.4, 0.5) is 0 Å². The number of hydrogen-bond donors (Lipinski definition) is 1. The predicted octanol–water partition coefficient (Wildman–Crippen LogP) is 2.17. The summed E-state index contributed by atoms with van der Waals surface area (Å²) < 4.78 is 1.97. The molecule has 0 aromatic carbocycles. The zero-order valence-electron chi connectivity index (χ0n) is 11.4. The fourth-order valence-corrected chi connectivity index (χ4v) is 2.43. The van der Waals surface area contributed by atoms with E-state index in [1.807, 2.05) is 16.7 Å². The second kappa shape index (κ2) is 6.51. The minimum atomic E-state index is -0.862. The third kappa shape index (κ3) is 3.57. The van der Waals surface area contributed by atoms with Gasteiger partial charge in [0.2, 0.25) is 0 Å². The van der Waals surface area contributed by atoms with Crippen LogP contribution in [0, 0.1) is 5.92 Å². The molecule has 0 atom stereocenters. The number of hydrogen-bond acceptors (Lipinski definition) is 5. The highest BCUT2D eigenvalue weighted by molar-refractivity contribution is 7.99. The van der Waals surface area contributed by atoms with E-state index in [9.17, 15) is 4.79 Å². The fourth-order valence-electron chi connectivity index (χ4n) is 1.77. The second-order valence-corrected chi connectivity index (χ2v) is 5.67. The summed E-state index contributed by atoms with van der Waals surface area (Å²) in [5.41, 5.74) is 0.926. The Kier molecular flexibility index (Phi) is 4.73. The van der Waals surface area contributed by atoms with Gasteiger partial charge in [-0.3, -0.25) is 9.78 Å². The molecule has 2 aromatic rings. The average Bonchev–Trinajstić information content (AvgIpc) is 2.79. The molecule has 6 nitrogen and oxygen atoms in total. The summed E-state index contributed by atoms with van der Waals surface area (Å²) in [7, 11) is 0. The van der Waals surface area contributed by atoms with E-state index < -0.39 is 5.97 Å². The molecule has 0 bridgehead atoms. The van der Waals surface area contributed by atoms with Crippen LogP contribution in [-0.4, -0.2) is 36.6 Å². The smallest absolute Gasteiger partial charge is 0.313 e. The van der Waals surface area contributed by atoms with E-state index in [0.29, 0.717) is 11.1 Å². The highest BCUT2D eigenvalue weighted by Crippen LogP contribution is 2.24. The Bertz CT molecular complexity index is 583. The van der Waals surface area contributed by atoms with Crippen LogP contribution in [-0.2, 0) is 11.3 Å². The summed E-state index contributed by atoms with van der Waals surface area (Å²) in [4.78, 5) is 14.7. The Balaban J connectivity index is 2.34. The molecule has 20 heavy (non-hydrogen) atoms. The van der Waals surface area contributed by atoms with Crippen LogP contribution in [0.15, 0.2) is 29.7 Å². The lowest BCUT2D eigenvalue weighted by Gasteiger charge is -2.11. The highest BCUT2D eigenvalue weighted by atomic mass is 32.2. The van der Waals surface area contributed by atoms with Gasteiger partial charge in [-0.15, -0.1) is 10.2 Å². The van der Waals surface area contributed by atoms with Gasteiger partial charge in [0.25, 0.3) is 0 Å². The molecule has 0 amide bonds. The Morgan fingerprint density at radius 1 is 1.35 bits per heavy atom. The molecule has 0 unspecified atom stereocenters. The first-order chi connectivity index (χ1) is 9.58. The van der Waals surface area contributed by atoms with Gasteiger partial charge in [-0.1, -0.05) is 25.6 Å². The second-order valence-electron chi connectivity index (χ2n) is 4.73. The number of carbonyl (C=O) groups is 1. The number of thioether (sulfide) groups is 1. The molecule has 0 saturated carbocycles. The minimum Gasteiger partial charge on any atom is -0.481 e. The Hall–Kier alpha value is -1.89. The first-order valence-corrected chi connectivity index (χ1v) is 7.24. The molecule has 0 radical (unpaired) electrons. The van der Waals surface area contributed by atoms with Crippen LogP contribution in [0.5, 0.6) is 0 Å². The third-order valence-corrected chi connectivity index (χ3v) is 3.48. The SMILES string of the molecule is CC(C)Cn1c(SCC(=O)O)nnc1-c1ccncc1. The number of carboxylic acid groups (broad SMARTS) is 1. The van der Waals surface area contributed by atoms with Crippen molar-refractivity contribution in [1.82, 2.24) is 19.7 Å². The lowest BCUT2D eigenvalue weighted by molar-refractivity contribution is -0.133. The molecule has 106 valence electrons. The Labute approximate surface area is 121 Å². The molecule has 2 aromatic heterocycles. The quantitative estimate of drug-likeness (QED) is 0.822. The topological polar surface area (TPSA) is 80.9 Å². The number of carboxylic acids is 1. The number of nitrogens with zero attached hydrogens (tertiary/aromatic N) is 4. The largest absolute Gasteiger partial charge is 0.481 e. The lowest BCUT2D eigenvalue weighted by atomic mass is 10.2. The molecule has 0 fully saturated rings. The molecule has 0 saturated heterocycles. The van der Waals surface area contributed by atoms with Crippen LogP contribution in [0.3, 0.4) is 0 Å². The van der Waals surface area contributed by atoms with Gasteiger partial charge in [0.15, 0.2) is 11.0 Å². The molecule has 7 heteroatoms. The molecule has 0 aliphatic heterocycles. The van der Waals surface area contributed by atoms with Crippen LogP contribution in [0.2, 0.25) is 0 Å². The van der Waals surface area contributed by atoms with E-state index in [2.05, 4.69) is 29.0 Å². The zero-order valence-corrected chi connectivity index (χ0v) is 12.2. The van der Waals surface area contributed by atoms with Crippen LogP contribution in [0.1, 0.15) is 13.8 Å². The zero-order chi connectivity index (χ0) is 14.5. The number of aromatic nitrogens is 4. The van der Waals surface area contributed by atoms with Crippen molar-refractivity contribution in [2.75, 3.05) is 5.75 Å². The van der Waals surface area contributed by atoms with Crippen molar-refractivity contribution in [1.29, 1.82) is 0 Å². The summed E-state index contributed by atoms with van der Waals surface area (Å²) in [6, 6.07) is 3.74. The standard InChI is InChI=1S/C13H16N4O2S/c1-9(2)7-17-12(10-3-5-14-6-4-10)15-16-13(17)20-8-11(18)19/h3-6,9H,7-8H2,1-2H3,(H,18,19). The molecule has 0 aliphatic rings. The summed E-state index contributed by atoms with van der Waals surface area (Å²) in [6.45, 7) is 4.94. The van der Waals surface area contributed by atoms with Gasteiger partial charge >= 0.3 is 5.97 Å². The van der Waals surface area contributed by atoms with Crippen molar-refractivity contribution in [3.63, 3.8) is 0 Å². The highest BCUT2D eigenvalue weighted by Gasteiger charge is 2.16. The third-order valence-electron chi connectivity index (χ3n) is 2.53. The van der Waals surface area contributed by atoms with Crippen LogP contribution < -0.4 is 0 Å². The van der Waals surface area contributed by atoms with E-state index in [-0.39, 0.29) is 5.75 Å². The minimum absolute atomic E-state index is 0.0213. The number of rotatable bonds is 6. The van der Waals surface area contributed by atoms with E-state index in [1.165, 1.54) is 11.8 Å². The van der Waals surface area contributed by atoms with E-state index in [1.54, 1.807) is 12.4 Å². The van der Waals surface area contributed by atoms with Crippen molar-refractivity contribution in [3.8, 4) is 11.4 Å². The van der Waals surface area contributed by atoms with Gasteiger partial charge in [0, 0.05) is 24.5 Å². The van der Waals surface area contributed by atoms with E-state index >= 15 is 0 Å². The van der Waals surface area contributed by atoms with Gasteiger partial charge < -0.3 is 9.67 Å². The predicted molar refractivity (Wildman–Crippen MR) is 76.5 cm³/mol. The summed E-state index contributed by atoms with van der Waals surface area (Å²) in [5.74, 6) is 0.274. The van der Waals surface area contributed by atoms with Gasteiger partial charge in [-0.05, 0) is 18.1 Å². The van der Waals surface area contributed by atoms with E-state index in [4.69, 9.17) is 5.11 Å². The van der Waals surface area contributed by atoms with Gasteiger partial charge in [-0.25, -0.2) is 0 Å². The fraction of sp³-hybridized carbons (Fsp3) is 0.385. The van der Waals surface area contributed by atoms with Crippen molar-refractivity contribution < 1.29 is 9.90 Å². The Morgan fingerprint density at radius 2 is 2.05 bits per heavy atom. The van der Waals surface area contributed by atoms with E-state index in [0.717, 1.165) is 17.9 Å². The van der Waals surface area contributed by atoms with Crippen molar-refractivity contribution in [2.24, 2.45) is 5.92 Å². The van der Waals surface area contributed by atoms with Gasteiger partial charge in [0.1, 0.15) is 0 Å². The van der Waals surface area contributed by atoms with Gasteiger partial charge in [0.05, 0.1) is 5.75 Å². The maximum atomic E-state index is 10.7. The average molecular weight is 292 g/mol. The van der Waals surface area contributed by atoms with Crippen molar-refractivity contribution >= 4 is 17.7 Å². The molecule has 2 rings (SSSR count). The molecule has 2 heterocycles. The van der Waals surface area contributed by atoms with Crippen molar-refractivity contribution in [3.05, 3.63) is 24.5 Å².